The standard InChI is InChI=1S/C12H24O6/c1-6(2)16-11-9(14)8(5-13)18-12(10(11)15)17-7(3)4/h6-15H,5H2,1-4H3/t8?,9-,10?,11-,12+/m0/s1. The number of aliphatic hydroxyl groups is 3. The Balaban J connectivity index is 2.78. The van der Waals surface area contributed by atoms with E-state index in [0.29, 0.717) is 0 Å². The van der Waals surface area contributed by atoms with Gasteiger partial charge in [0.25, 0.3) is 0 Å². The van der Waals surface area contributed by atoms with E-state index in [9.17, 15) is 15.3 Å². The van der Waals surface area contributed by atoms with Crippen LogP contribution in [0.4, 0.5) is 0 Å². The smallest absolute Gasteiger partial charge is 0.186 e. The van der Waals surface area contributed by atoms with E-state index in [2.05, 4.69) is 0 Å². The summed E-state index contributed by atoms with van der Waals surface area (Å²) in [6.45, 7) is 6.88. The number of ether oxygens (including phenoxy) is 3. The zero-order valence-corrected chi connectivity index (χ0v) is 11.3. The van der Waals surface area contributed by atoms with Gasteiger partial charge >= 0.3 is 0 Å². The topological polar surface area (TPSA) is 88.4 Å². The highest BCUT2D eigenvalue weighted by Crippen LogP contribution is 2.25. The van der Waals surface area contributed by atoms with E-state index in [1.54, 1.807) is 13.8 Å². The molecule has 1 rings (SSSR count). The molecule has 0 aromatic carbocycles. The zero-order valence-electron chi connectivity index (χ0n) is 11.3. The maximum Gasteiger partial charge on any atom is 0.186 e. The normalized spacial score (nSPS) is 37.5. The molecule has 1 heterocycles. The average Bonchev–Trinajstić information content (AvgIpc) is 2.27. The Kier molecular flexibility index (Phi) is 5.97. The van der Waals surface area contributed by atoms with Gasteiger partial charge in [0.1, 0.15) is 24.4 Å². The zero-order chi connectivity index (χ0) is 13.9. The van der Waals surface area contributed by atoms with Crippen LogP contribution in [-0.2, 0) is 14.2 Å². The second-order valence-electron chi connectivity index (χ2n) is 5.04. The molecule has 1 saturated heterocycles. The van der Waals surface area contributed by atoms with Gasteiger partial charge in [0.15, 0.2) is 6.29 Å². The quantitative estimate of drug-likeness (QED) is 0.629. The molecular weight excluding hydrogens is 240 g/mol. The van der Waals surface area contributed by atoms with Crippen molar-refractivity contribution < 1.29 is 29.5 Å². The van der Waals surface area contributed by atoms with Crippen LogP contribution in [0.2, 0.25) is 0 Å². The van der Waals surface area contributed by atoms with Crippen LogP contribution in [0, 0.1) is 0 Å². The van der Waals surface area contributed by atoms with Crippen molar-refractivity contribution in [2.45, 2.75) is 70.6 Å². The molecule has 5 atom stereocenters. The summed E-state index contributed by atoms with van der Waals surface area (Å²) < 4.78 is 16.2. The molecule has 0 amide bonds. The lowest BCUT2D eigenvalue weighted by Gasteiger charge is -2.42. The highest BCUT2D eigenvalue weighted by atomic mass is 16.7. The molecule has 18 heavy (non-hydrogen) atoms. The monoisotopic (exact) mass is 264 g/mol. The van der Waals surface area contributed by atoms with Crippen molar-refractivity contribution in [2.75, 3.05) is 6.61 Å². The molecule has 0 saturated carbocycles. The van der Waals surface area contributed by atoms with E-state index in [1.165, 1.54) is 0 Å². The van der Waals surface area contributed by atoms with Crippen LogP contribution in [0.25, 0.3) is 0 Å². The van der Waals surface area contributed by atoms with Crippen LogP contribution in [0.5, 0.6) is 0 Å². The summed E-state index contributed by atoms with van der Waals surface area (Å²) in [5.41, 5.74) is 0. The molecule has 2 unspecified atom stereocenters. The molecule has 1 fully saturated rings. The third kappa shape index (κ3) is 3.88. The SMILES string of the molecule is CC(C)O[C@@H]1OC(CO)[C@H](O)[C@H](OC(C)C)C1O. The van der Waals surface area contributed by atoms with Crippen molar-refractivity contribution in [3.8, 4) is 0 Å². The first-order valence-electron chi connectivity index (χ1n) is 6.30. The first kappa shape index (κ1) is 15.8. The van der Waals surface area contributed by atoms with Crippen LogP contribution >= 0.6 is 0 Å². The Labute approximate surface area is 107 Å². The average molecular weight is 264 g/mol. The number of aliphatic hydroxyl groups excluding tert-OH is 3. The van der Waals surface area contributed by atoms with Crippen molar-refractivity contribution >= 4 is 0 Å². The Hall–Kier alpha value is -0.240. The Morgan fingerprint density at radius 3 is 2.00 bits per heavy atom. The molecule has 0 radical (unpaired) electrons. The molecule has 0 aliphatic carbocycles. The van der Waals surface area contributed by atoms with Gasteiger partial charge in [-0.05, 0) is 27.7 Å². The second-order valence-corrected chi connectivity index (χ2v) is 5.04. The summed E-state index contributed by atoms with van der Waals surface area (Å²) in [5.74, 6) is 0. The Morgan fingerprint density at radius 1 is 1.00 bits per heavy atom. The molecule has 108 valence electrons. The van der Waals surface area contributed by atoms with Gasteiger partial charge in [-0.25, -0.2) is 0 Å². The fraction of sp³-hybridized carbons (Fsp3) is 1.00. The molecule has 0 spiro atoms. The highest BCUT2D eigenvalue weighted by molar-refractivity contribution is 4.90. The van der Waals surface area contributed by atoms with Crippen molar-refractivity contribution in [3.05, 3.63) is 0 Å². The fourth-order valence-electron chi connectivity index (χ4n) is 1.91. The van der Waals surface area contributed by atoms with Crippen LogP contribution in [0.15, 0.2) is 0 Å². The van der Waals surface area contributed by atoms with Crippen LogP contribution in [0.3, 0.4) is 0 Å². The Morgan fingerprint density at radius 2 is 1.56 bits per heavy atom. The van der Waals surface area contributed by atoms with E-state index < -0.39 is 30.7 Å². The van der Waals surface area contributed by atoms with E-state index in [0.717, 1.165) is 0 Å². The van der Waals surface area contributed by atoms with E-state index in [-0.39, 0.29) is 18.8 Å². The lowest BCUT2D eigenvalue weighted by atomic mass is 9.98. The van der Waals surface area contributed by atoms with Gasteiger partial charge in [0.05, 0.1) is 18.8 Å². The number of rotatable bonds is 5. The molecule has 6 heteroatoms. The molecule has 0 bridgehead atoms. The van der Waals surface area contributed by atoms with Gasteiger partial charge in [0, 0.05) is 0 Å². The minimum absolute atomic E-state index is 0.140. The maximum atomic E-state index is 10.1. The Bertz CT molecular complexity index is 245. The minimum atomic E-state index is -1.09. The molecule has 1 aliphatic heterocycles. The summed E-state index contributed by atoms with van der Waals surface area (Å²) in [4.78, 5) is 0. The van der Waals surface area contributed by atoms with Crippen LogP contribution in [-0.4, -0.2) is 64.8 Å². The van der Waals surface area contributed by atoms with Crippen LogP contribution in [0.1, 0.15) is 27.7 Å². The number of hydrogen-bond donors (Lipinski definition) is 3. The minimum Gasteiger partial charge on any atom is -0.394 e. The molecule has 1 aliphatic rings. The lowest BCUT2D eigenvalue weighted by molar-refractivity contribution is -0.318. The predicted molar refractivity (Wildman–Crippen MR) is 64.0 cm³/mol. The molecule has 6 nitrogen and oxygen atoms in total. The van der Waals surface area contributed by atoms with Gasteiger partial charge in [0.2, 0.25) is 0 Å². The van der Waals surface area contributed by atoms with Crippen molar-refractivity contribution in [1.29, 1.82) is 0 Å². The largest absolute Gasteiger partial charge is 0.394 e. The third-order valence-electron chi connectivity index (χ3n) is 2.66. The van der Waals surface area contributed by atoms with Gasteiger partial charge in [-0.3, -0.25) is 0 Å². The second kappa shape index (κ2) is 6.79. The van der Waals surface area contributed by atoms with Crippen molar-refractivity contribution in [3.63, 3.8) is 0 Å². The summed E-state index contributed by atoms with van der Waals surface area (Å²) in [6, 6.07) is 0. The third-order valence-corrected chi connectivity index (χ3v) is 2.66. The van der Waals surface area contributed by atoms with Gasteiger partial charge in [-0.15, -0.1) is 0 Å². The molecule has 0 aromatic rings. The predicted octanol–water partition coefficient (Wildman–Crippen LogP) is -0.356. The van der Waals surface area contributed by atoms with Gasteiger partial charge in [-0.1, -0.05) is 0 Å². The lowest BCUT2D eigenvalue weighted by Crippen LogP contribution is -2.60. The first-order chi connectivity index (χ1) is 8.36. The van der Waals surface area contributed by atoms with Crippen LogP contribution < -0.4 is 0 Å². The van der Waals surface area contributed by atoms with E-state index in [4.69, 9.17) is 14.2 Å². The molecule has 0 aromatic heterocycles. The highest BCUT2D eigenvalue weighted by Gasteiger charge is 2.46. The summed E-state index contributed by atoms with van der Waals surface area (Å²) in [7, 11) is 0. The fourth-order valence-corrected chi connectivity index (χ4v) is 1.91. The summed E-state index contributed by atoms with van der Waals surface area (Å²) >= 11 is 0. The van der Waals surface area contributed by atoms with E-state index >= 15 is 0 Å². The van der Waals surface area contributed by atoms with E-state index in [1.807, 2.05) is 13.8 Å². The molecular formula is C12H24O6. The van der Waals surface area contributed by atoms with Gasteiger partial charge in [-0.2, -0.15) is 0 Å². The van der Waals surface area contributed by atoms with Gasteiger partial charge < -0.3 is 29.5 Å². The van der Waals surface area contributed by atoms with Crippen molar-refractivity contribution in [1.82, 2.24) is 0 Å². The number of hydrogen-bond acceptors (Lipinski definition) is 6. The maximum absolute atomic E-state index is 10.1. The summed E-state index contributed by atoms with van der Waals surface area (Å²) in [6.07, 6.45) is -5.03. The van der Waals surface area contributed by atoms with Crippen molar-refractivity contribution in [2.24, 2.45) is 0 Å². The summed E-state index contributed by atoms with van der Waals surface area (Å²) in [5, 5.41) is 29.2. The first-order valence-corrected chi connectivity index (χ1v) is 6.30. The molecule has 3 N–H and O–H groups in total.